The minimum atomic E-state index is -0.391. The van der Waals surface area contributed by atoms with Gasteiger partial charge in [0.2, 0.25) is 0 Å². The highest BCUT2D eigenvalue weighted by Crippen LogP contribution is 2.32. The summed E-state index contributed by atoms with van der Waals surface area (Å²) in [5, 5.41) is 14.1. The van der Waals surface area contributed by atoms with Crippen molar-refractivity contribution in [3.63, 3.8) is 0 Å². The average Bonchev–Trinajstić information content (AvgIpc) is 3.54. The van der Waals surface area contributed by atoms with Gasteiger partial charge < -0.3 is 29.8 Å². The summed E-state index contributed by atoms with van der Waals surface area (Å²) in [5.41, 5.74) is 1.51. The number of halogens is 2. The second kappa shape index (κ2) is 11.7. The van der Waals surface area contributed by atoms with Gasteiger partial charge in [-0.15, -0.1) is 0 Å². The third kappa shape index (κ3) is 5.81. The van der Waals surface area contributed by atoms with Crippen LogP contribution in [0.1, 0.15) is 51.3 Å². The standard InChI is InChI=1S/C23H31Cl2N5O5S/c1-4-35-22(33)20-15(10-29-7-5-13(31)9-29)28-23(36-20)30-8-6-14(16(11-30)34-3)27-21(32)19-18(25)17(24)12(2)26-19/h13-14,16,26,31H,4-11H2,1-3H3,(H,27,32)/t13?,14-,16+/m1/s1. The van der Waals surface area contributed by atoms with Crippen LogP contribution in [0.3, 0.4) is 0 Å². The molecular weight excluding hydrogens is 529 g/mol. The summed E-state index contributed by atoms with van der Waals surface area (Å²) in [7, 11) is 1.60. The number of carbonyl (C=O) groups excluding carboxylic acids is 2. The molecule has 2 saturated heterocycles. The number of carbonyl (C=O) groups is 2. The van der Waals surface area contributed by atoms with E-state index >= 15 is 0 Å². The number of nitrogens with one attached hydrogen (secondary N) is 2. The third-order valence-electron chi connectivity index (χ3n) is 6.50. The van der Waals surface area contributed by atoms with Crippen molar-refractivity contribution in [1.29, 1.82) is 0 Å². The molecule has 0 aliphatic carbocycles. The molecule has 4 heterocycles. The summed E-state index contributed by atoms with van der Waals surface area (Å²) in [5.74, 6) is -0.734. The van der Waals surface area contributed by atoms with Crippen LogP contribution in [0, 0.1) is 6.92 Å². The molecule has 13 heteroatoms. The molecule has 4 rings (SSSR count). The number of methoxy groups -OCH3 is 1. The van der Waals surface area contributed by atoms with Crippen molar-refractivity contribution >= 4 is 51.5 Å². The number of aliphatic hydroxyl groups is 1. The molecule has 3 atom stereocenters. The maximum Gasteiger partial charge on any atom is 0.350 e. The Morgan fingerprint density at radius 3 is 2.64 bits per heavy atom. The Hall–Kier alpha value is -1.89. The number of hydrogen-bond acceptors (Lipinski definition) is 9. The molecule has 198 valence electrons. The quantitative estimate of drug-likeness (QED) is 0.422. The van der Waals surface area contributed by atoms with Crippen molar-refractivity contribution in [3.8, 4) is 0 Å². The van der Waals surface area contributed by atoms with Crippen LogP contribution in [0.2, 0.25) is 10.0 Å². The maximum absolute atomic E-state index is 12.8. The summed E-state index contributed by atoms with van der Waals surface area (Å²) in [6.07, 6.45) is 0.656. The Kier molecular flexibility index (Phi) is 8.79. The highest BCUT2D eigenvalue weighted by atomic mass is 35.5. The van der Waals surface area contributed by atoms with E-state index in [-0.39, 0.29) is 41.5 Å². The molecule has 2 fully saturated rings. The van der Waals surface area contributed by atoms with E-state index < -0.39 is 5.97 Å². The highest BCUT2D eigenvalue weighted by Gasteiger charge is 2.34. The monoisotopic (exact) mass is 559 g/mol. The van der Waals surface area contributed by atoms with E-state index in [1.165, 1.54) is 11.3 Å². The minimum absolute atomic E-state index is 0.199. The number of esters is 1. The van der Waals surface area contributed by atoms with E-state index in [1.807, 2.05) is 0 Å². The first-order valence-electron chi connectivity index (χ1n) is 11.9. The molecule has 0 aromatic carbocycles. The van der Waals surface area contributed by atoms with Gasteiger partial charge in [0, 0.05) is 45.5 Å². The van der Waals surface area contributed by atoms with Gasteiger partial charge >= 0.3 is 5.97 Å². The lowest BCUT2D eigenvalue weighted by Gasteiger charge is -2.37. The van der Waals surface area contributed by atoms with Gasteiger partial charge in [-0.1, -0.05) is 34.5 Å². The number of likely N-dealkylation sites (tertiary alicyclic amines) is 1. The van der Waals surface area contributed by atoms with Crippen LogP contribution in [-0.4, -0.2) is 90.0 Å². The van der Waals surface area contributed by atoms with Gasteiger partial charge in [-0.2, -0.15) is 0 Å². The smallest absolute Gasteiger partial charge is 0.350 e. The van der Waals surface area contributed by atoms with Crippen LogP contribution in [0.15, 0.2) is 0 Å². The fourth-order valence-electron chi connectivity index (χ4n) is 4.57. The molecule has 2 aromatic rings. The van der Waals surface area contributed by atoms with Gasteiger partial charge in [0.05, 0.1) is 40.6 Å². The summed E-state index contributed by atoms with van der Waals surface area (Å²) in [6, 6.07) is -0.243. The number of ether oxygens (including phenoxy) is 2. The molecule has 2 aliphatic heterocycles. The number of H-pyrrole nitrogens is 1. The average molecular weight is 561 g/mol. The Bertz CT molecular complexity index is 1110. The topological polar surface area (TPSA) is 120 Å². The predicted octanol–water partition coefficient (Wildman–Crippen LogP) is 2.85. The lowest BCUT2D eigenvalue weighted by atomic mass is 10.0. The number of aliphatic hydroxyl groups excluding tert-OH is 1. The van der Waals surface area contributed by atoms with Crippen LogP contribution in [-0.2, 0) is 16.0 Å². The van der Waals surface area contributed by atoms with E-state index in [0.717, 1.165) is 6.54 Å². The van der Waals surface area contributed by atoms with Crippen molar-refractivity contribution in [2.45, 2.75) is 51.5 Å². The molecule has 1 amide bonds. The zero-order valence-corrected chi connectivity index (χ0v) is 22.8. The number of hydrogen-bond donors (Lipinski definition) is 3. The van der Waals surface area contributed by atoms with Crippen molar-refractivity contribution in [1.82, 2.24) is 20.2 Å². The fourth-order valence-corrected chi connectivity index (χ4v) is 5.99. The Labute approximate surface area is 223 Å². The van der Waals surface area contributed by atoms with E-state index in [0.29, 0.717) is 65.4 Å². The molecule has 10 nitrogen and oxygen atoms in total. The first-order valence-corrected chi connectivity index (χ1v) is 13.5. The fraction of sp³-hybridized carbons (Fsp3) is 0.609. The molecule has 0 radical (unpaired) electrons. The van der Waals surface area contributed by atoms with Crippen LogP contribution in [0.25, 0.3) is 0 Å². The van der Waals surface area contributed by atoms with Gasteiger partial charge in [0.15, 0.2) is 5.13 Å². The Morgan fingerprint density at radius 1 is 1.25 bits per heavy atom. The number of aryl methyl sites for hydroxylation is 1. The van der Waals surface area contributed by atoms with Crippen LogP contribution >= 0.6 is 34.5 Å². The molecule has 2 aliphatic rings. The number of nitrogens with zero attached hydrogens (tertiary/aromatic N) is 3. The second-order valence-electron chi connectivity index (χ2n) is 9.01. The summed E-state index contributed by atoms with van der Waals surface area (Å²) in [4.78, 5) is 37.9. The van der Waals surface area contributed by atoms with Gasteiger partial charge in [-0.05, 0) is 26.7 Å². The van der Waals surface area contributed by atoms with Crippen LogP contribution < -0.4 is 10.2 Å². The normalized spacial score (nSPS) is 22.7. The zero-order chi connectivity index (χ0) is 26.0. The number of piperidine rings is 1. The molecule has 0 bridgehead atoms. The molecule has 2 aromatic heterocycles. The molecule has 36 heavy (non-hydrogen) atoms. The van der Waals surface area contributed by atoms with Crippen LogP contribution in [0.5, 0.6) is 0 Å². The molecule has 0 spiro atoms. The Morgan fingerprint density at radius 2 is 2.03 bits per heavy atom. The number of amides is 1. The van der Waals surface area contributed by atoms with Gasteiger partial charge in [-0.3, -0.25) is 9.69 Å². The number of β-amino-alcohol motifs (C(OH)–C–C–N with tert-alkyl or cyclic N) is 1. The van der Waals surface area contributed by atoms with E-state index in [2.05, 4.69) is 20.1 Å². The second-order valence-corrected chi connectivity index (χ2v) is 10.7. The third-order valence-corrected chi connectivity index (χ3v) is 8.58. The Balaban J connectivity index is 1.47. The summed E-state index contributed by atoms with van der Waals surface area (Å²) in [6.45, 7) is 6.68. The number of thiazole rings is 1. The summed E-state index contributed by atoms with van der Waals surface area (Å²) >= 11 is 13.6. The largest absolute Gasteiger partial charge is 0.462 e. The van der Waals surface area contributed by atoms with Gasteiger partial charge in [0.1, 0.15) is 10.6 Å². The lowest BCUT2D eigenvalue weighted by Crippen LogP contribution is -2.55. The number of rotatable bonds is 8. The van der Waals surface area contributed by atoms with Crippen LogP contribution in [0.4, 0.5) is 5.13 Å². The molecule has 3 N–H and O–H groups in total. The molecule has 0 saturated carbocycles. The van der Waals surface area contributed by atoms with E-state index in [9.17, 15) is 14.7 Å². The maximum atomic E-state index is 12.8. The first kappa shape index (κ1) is 27.2. The van der Waals surface area contributed by atoms with E-state index in [1.54, 1.807) is 21.0 Å². The highest BCUT2D eigenvalue weighted by molar-refractivity contribution is 7.17. The number of aromatic amines is 1. The van der Waals surface area contributed by atoms with Gasteiger partial charge in [0.25, 0.3) is 5.91 Å². The SMILES string of the molecule is CCOC(=O)c1sc(N2CC[C@@H](NC(=O)c3[nH]c(C)c(Cl)c3Cl)[C@@H](OC)C2)nc1CN1CCC(O)C1. The number of aromatic nitrogens is 2. The first-order chi connectivity index (χ1) is 17.2. The lowest BCUT2D eigenvalue weighted by molar-refractivity contribution is 0.0529. The molecule has 1 unspecified atom stereocenters. The number of anilines is 1. The predicted molar refractivity (Wildman–Crippen MR) is 138 cm³/mol. The van der Waals surface area contributed by atoms with Gasteiger partial charge in [-0.25, -0.2) is 9.78 Å². The van der Waals surface area contributed by atoms with Crippen molar-refractivity contribution in [3.05, 3.63) is 32.0 Å². The molecular formula is C23H31Cl2N5O5S. The summed E-state index contributed by atoms with van der Waals surface area (Å²) < 4.78 is 11.0. The van der Waals surface area contributed by atoms with Crippen molar-refractivity contribution in [2.75, 3.05) is 44.8 Å². The van der Waals surface area contributed by atoms with Crippen molar-refractivity contribution < 1.29 is 24.2 Å². The van der Waals surface area contributed by atoms with Crippen molar-refractivity contribution in [2.24, 2.45) is 0 Å². The zero-order valence-electron chi connectivity index (χ0n) is 20.5. The minimum Gasteiger partial charge on any atom is -0.462 e. The van der Waals surface area contributed by atoms with E-state index in [4.69, 9.17) is 37.7 Å².